The molecule has 0 aliphatic heterocycles. The van der Waals surface area contributed by atoms with Crippen molar-refractivity contribution in [3.8, 4) is 16.9 Å². The minimum atomic E-state index is -4.87. The maximum absolute atomic E-state index is 11.9. The molecule has 0 amide bonds. The molecule has 0 aromatic heterocycles. The van der Waals surface area contributed by atoms with Gasteiger partial charge in [0.15, 0.2) is 5.78 Å². The van der Waals surface area contributed by atoms with Crippen LogP contribution in [0.25, 0.3) is 16.7 Å². The van der Waals surface area contributed by atoms with Crippen LogP contribution >= 0.6 is 0 Å². The number of aryl methyl sites for hydroxylation is 1. The number of Topliss-reactive ketones (excluding diaryl/α,β-unsaturated/α-hetero) is 2. The predicted octanol–water partition coefficient (Wildman–Crippen LogP) is 4.74. The van der Waals surface area contributed by atoms with E-state index in [-0.39, 0.29) is 11.1 Å². The lowest BCUT2D eigenvalue weighted by Gasteiger charge is -2.16. The Bertz CT molecular complexity index is 1470. The molecule has 1 aliphatic carbocycles. The van der Waals surface area contributed by atoms with Crippen molar-refractivity contribution < 1.29 is 32.5 Å². The van der Waals surface area contributed by atoms with Gasteiger partial charge in [0, 0.05) is 11.1 Å². The van der Waals surface area contributed by atoms with Gasteiger partial charge in [0.1, 0.15) is 5.75 Å². The zero-order valence-electron chi connectivity index (χ0n) is 20.0. The summed E-state index contributed by atoms with van der Waals surface area (Å²) in [5, 5.41) is 7.20. The highest BCUT2D eigenvalue weighted by Gasteiger charge is 2.51. The summed E-state index contributed by atoms with van der Waals surface area (Å²) < 4.78 is 31.2. The van der Waals surface area contributed by atoms with Gasteiger partial charge in [0.05, 0.1) is 0 Å². The lowest BCUT2D eigenvalue weighted by atomic mass is 9.88. The van der Waals surface area contributed by atoms with Crippen molar-refractivity contribution in [1.82, 2.24) is 0 Å². The molecule has 1 atom stereocenters. The highest BCUT2D eigenvalue weighted by atomic mass is 32.2. The van der Waals surface area contributed by atoms with E-state index in [2.05, 4.69) is 43.8 Å². The van der Waals surface area contributed by atoms with Crippen molar-refractivity contribution in [2.75, 3.05) is 0 Å². The SMILES string of the molecule is CCc1ccc(C(C)C)cc1-c1ccc(O)cc1.[N-]=[N+]=C1C(=O)c2ccccc2C(=O)C1S(=O)(=O)O. The first-order valence-corrected chi connectivity index (χ1v) is 12.8. The highest BCUT2D eigenvalue weighted by Crippen LogP contribution is 2.29. The van der Waals surface area contributed by atoms with E-state index < -0.39 is 32.6 Å². The second-order valence-corrected chi connectivity index (χ2v) is 10.1. The summed E-state index contributed by atoms with van der Waals surface area (Å²) in [6, 6.07) is 19.7. The smallest absolute Gasteiger partial charge is 0.367 e. The van der Waals surface area contributed by atoms with E-state index in [4.69, 9.17) is 10.1 Å². The number of fused-ring (bicyclic) bond motifs is 1. The number of ketones is 2. The molecule has 36 heavy (non-hydrogen) atoms. The van der Waals surface area contributed by atoms with Crippen LogP contribution in [0.15, 0.2) is 66.7 Å². The quantitative estimate of drug-likeness (QED) is 0.297. The number of aromatic hydroxyl groups is 1. The lowest BCUT2D eigenvalue weighted by Crippen LogP contribution is -2.46. The Morgan fingerprint density at radius 2 is 1.56 bits per heavy atom. The molecule has 3 aromatic rings. The van der Waals surface area contributed by atoms with Crippen LogP contribution in [0.1, 0.15) is 58.5 Å². The van der Waals surface area contributed by atoms with Gasteiger partial charge in [-0.25, -0.2) is 0 Å². The third kappa shape index (κ3) is 5.49. The average Bonchev–Trinajstić information content (AvgIpc) is 2.85. The Balaban J connectivity index is 0.000000201. The first-order chi connectivity index (χ1) is 17.0. The number of carbonyl (C=O) groups excluding carboxylic acids is 2. The van der Waals surface area contributed by atoms with Crippen molar-refractivity contribution in [3.63, 3.8) is 0 Å². The van der Waals surface area contributed by atoms with Gasteiger partial charge in [-0.2, -0.15) is 13.2 Å². The fourth-order valence-electron chi connectivity index (χ4n) is 3.96. The Labute approximate surface area is 209 Å². The van der Waals surface area contributed by atoms with E-state index in [0.29, 0.717) is 11.7 Å². The summed E-state index contributed by atoms with van der Waals surface area (Å²) >= 11 is 0. The number of hydrogen-bond donors (Lipinski definition) is 2. The molecular formula is C27H26N2O6S. The molecular weight excluding hydrogens is 480 g/mol. The molecule has 186 valence electrons. The molecule has 0 radical (unpaired) electrons. The van der Waals surface area contributed by atoms with E-state index in [9.17, 15) is 23.1 Å². The van der Waals surface area contributed by atoms with Gasteiger partial charge in [-0.15, -0.1) is 0 Å². The van der Waals surface area contributed by atoms with Gasteiger partial charge in [-0.1, -0.05) is 75.4 Å². The van der Waals surface area contributed by atoms with Crippen molar-refractivity contribution in [2.45, 2.75) is 38.4 Å². The molecule has 0 bridgehead atoms. The van der Waals surface area contributed by atoms with Gasteiger partial charge in [0.25, 0.3) is 21.2 Å². The molecule has 3 aromatic carbocycles. The number of benzene rings is 3. The topological polar surface area (TPSA) is 145 Å². The molecule has 1 aliphatic rings. The largest absolute Gasteiger partial charge is 0.508 e. The Morgan fingerprint density at radius 3 is 2.08 bits per heavy atom. The number of phenolic OH excluding ortho intramolecular Hbond substituents is 1. The molecule has 0 heterocycles. The van der Waals surface area contributed by atoms with Gasteiger partial charge in [-0.3, -0.25) is 14.1 Å². The van der Waals surface area contributed by atoms with E-state index in [0.717, 1.165) is 6.42 Å². The predicted molar refractivity (Wildman–Crippen MR) is 136 cm³/mol. The van der Waals surface area contributed by atoms with Crippen LogP contribution in [0.4, 0.5) is 0 Å². The number of rotatable bonds is 4. The Morgan fingerprint density at radius 1 is 0.944 bits per heavy atom. The van der Waals surface area contributed by atoms with Crippen LogP contribution in [0, 0.1) is 0 Å². The minimum Gasteiger partial charge on any atom is -0.508 e. The first-order valence-electron chi connectivity index (χ1n) is 11.3. The molecule has 0 saturated heterocycles. The standard InChI is InChI=1S/C17H20O.C10H6N2O5S/c1-4-13-5-6-15(12(2)3)11-17(13)14-7-9-16(18)10-8-14;11-12-7-8(13)5-3-1-2-4-6(5)9(14)10(7)18(15,16)17/h5-12,18H,4H2,1-3H3;1-4,10H,(H,15,16,17). The van der Waals surface area contributed by atoms with E-state index in [1.165, 1.54) is 46.5 Å². The second-order valence-electron chi connectivity index (χ2n) is 8.59. The van der Waals surface area contributed by atoms with E-state index in [1.807, 2.05) is 12.1 Å². The minimum absolute atomic E-state index is 0.0600. The van der Waals surface area contributed by atoms with Crippen LogP contribution in [-0.4, -0.2) is 45.4 Å². The third-order valence-corrected chi connectivity index (χ3v) is 6.95. The fourth-order valence-corrected chi connectivity index (χ4v) is 4.80. The van der Waals surface area contributed by atoms with Gasteiger partial charge >= 0.3 is 5.71 Å². The monoisotopic (exact) mass is 506 g/mol. The number of carbonyl (C=O) groups is 2. The lowest BCUT2D eigenvalue weighted by molar-refractivity contribution is -0.00872. The zero-order valence-corrected chi connectivity index (χ0v) is 20.9. The number of nitrogens with zero attached hydrogens (tertiary/aromatic N) is 2. The van der Waals surface area contributed by atoms with Crippen molar-refractivity contribution >= 4 is 27.4 Å². The molecule has 1 unspecified atom stereocenters. The molecule has 2 N–H and O–H groups in total. The summed E-state index contributed by atoms with van der Waals surface area (Å²) in [5.41, 5.74) is 12.8. The van der Waals surface area contributed by atoms with Gasteiger partial charge in [0.2, 0.25) is 0 Å². The molecule has 0 fully saturated rings. The Hall–Kier alpha value is -3.91. The third-order valence-electron chi connectivity index (χ3n) is 5.92. The molecule has 0 saturated carbocycles. The summed E-state index contributed by atoms with van der Waals surface area (Å²) in [5.74, 6) is -1.06. The van der Waals surface area contributed by atoms with Crippen LogP contribution < -0.4 is 0 Å². The summed E-state index contributed by atoms with van der Waals surface area (Å²) in [4.78, 5) is 26.3. The van der Waals surface area contributed by atoms with Crippen LogP contribution in [-0.2, 0) is 16.5 Å². The summed E-state index contributed by atoms with van der Waals surface area (Å²) in [7, 11) is -4.87. The zero-order chi connectivity index (χ0) is 26.6. The maximum Gasteiger partial charge on any atom is 0.367 e. The van der Waals surface area contributed by atoms with E-state index >= 15 is 0 Å². The van der Waals surface area contributed by atoms with Crippen molar-refractivity contribution in [1.29, 1.82) is 0 Å². The van der Waals surface area contributed by atoms with Crippen LogP contribution in [0.2, 0.25) is 0 Å². The van der Waals surface area contributed by atoms with Crippen LogP contribution in [0.3, 0.4) is 0 Å². The van der Waals surface area contributed by atoms with Gasteiger partial charge in [-0.05, 0) is 46.7 Å². The first kappa shape index (κ1) is 26.7. The number of hydrogen-bond acceptors (Lipinski definition) is 5. The van der Waals surface area contributed by atoms with Crippen molar-refractivity contribution in [2.24, 2.45) is 0 Å². The molecule has 9 heteroatoms. The molecule has 8 nitrogen and oxygen atoms in total. The molecule has 0 spiro atoms. The summed E-state index contributed by atoms with van der Waals surface area (Å²) in [6.45, 7) is 6.59. The fraction of sp³-hybridized carbons (Fsp3) is 0.222. The number of phenols is 1. The maximum atomic E-state index is 11.9. The van der Waals surface area contributed by atoms with Crippen LogP contribution in [0.5, 0.6) is 5.75 Å². The van der Waals surface area contributed by atoms with Gasteiger partial charge < -0.3 is 10.6 Å². The Kier molecular flexibility index (Phi) is 8.00. The highest BCUT2D eigenvalue weighted by molar-refractivity contribution is 7.88. The normalized spacial score (nSPS) is 15.1. The van der Waals surface area contributed by atoms with Crippen molar-refractivity contribution in [3.05, 3.63) is 94.5 Å². The van der Waals surface area contributed by atoms with E-state index in [1.54, 1.807) is 12.1 Å². The second kappa shape index (κ2) is 10.8. The molecule has 4 rings (SSSR count). The summed E-state index contributed by atoms with van der Waals surface area (Å²) in [6.07, 6.45) is 1.02. The average molecular weight is 507 g/mol.